The number of carbonyl (C=O) groups excluding carboxylic acids is 5. The van der Waals surface area contributed by atoms with Gasteiger partial charge >= 0.3 is 5.97 Å². The first-order valence-corrected chi connectivity index (χ1v) is 19.7. The molecule has 0 aliphatic heterocycles. The Labute approximate surface area is 315 Å². The number of unbranched alkanes of at least 4 members (excludes halogenated alkanes) is 2. The van der Waals surface area contributed by atoms with Crippen molar-refractivity contribution in [2.24, 2.45) is 0 Å². The van der Waals surface area contributed by atoms with Gasteiger partial charge in [0.1, 0.15) is 23.9 Å². The summed E-state index contributed by atoms with van der Waals surface area (Å²) in [5, 5.41) is 25.2. The molecule has 1 heterocycles. The van der Waals surface area contributed by atoms with E-state index >= 15 is 0 Å². The number of carbonyl (C=O) groups is 6. The van der Waals surface area contributed by atoms with Crippen molar-refractivity contribution in [2.45, 2.75) is 96.3 Å². The van der Waals surface area contributed by atoms with E-state index in [1.165, 1.54) is 18.7 Å². The number of benzene rings is 2. The number of ketones is 1. The lowest BCUT2D eigenvalue weighted by Crippen LogP contribution is -2.56. The number of hydrogen-bond acceptors (Lipinski definition) is 8. The van der Waals surface area contributed by atoms with Crippen molar-refractivity contribution in [2.75, 3.05) is 25.1 Å². The predicted molar refractivity (Wildman–Crippen MR) is 208 cm³/mol. The fourth-order valence-corrected chi connectivity index (χ4v) is 6.24. The minimum absolute atomic E-state index is 0.0722. The van der Waals surface area contributed by atoms with Crippen LogP contribution in [0.1, 0.15) is 86.7 Å². The number of hydrogen-bond donors (Lipinski definition) is 7. The Balaban J connectivity index is 1.69. The topological polar surface area (TPSA) is 199 Å². The van der Waals surface area contributed by atoms with Crippen molar-refractivity contribution < 1.29 is 33.9 Å². The molecule has 288 valence electrons. The summed E-state index contributed by atoms with van der Waals surface area (Å²) in [6, 6.07) is 11.3. The number of H-pyrrole nitrogens is 1. The molecule has 14 heteroatoms. The van der Waals surface area contributed by atoms with Crippen LogP contribution in [0.3, 0.4) is 0 Å². The maximum absolute atomic E-state index is 13.8. The van der Waals surface area contributed by atoms with Crippen molar-refractivity contribution in [1.82, 2.24) is 31.6 Å². The molecule has 0 aliphatic rings. The van der Waals surface area contributed by atoms with Crippen LogP contribution in [0, 0.1) is 0 Å². The summed E-state index contributed by atoms with van der Waals surface area (Å²) in [7, 11) is 0. The normalized spacial score (nSPS) is 12.7. The van der Waals surface area contributed by atoms with Crippen LogP contribution in [0.15, 0.2) is 54.7 Å². The minimum atomic E-state index is -1.23. The lowest BCUT2D eigenvalue weighted by Gasteiger charge is -2.24. The van der Waals surface area contributed by atoms with Crippen LogP contribution in [-0.4, -0.2) is 88.7 Å². The van der Waals surface area contributed by atoms with E-state index < -0.39 is 41.8 Å². The third-order valence-corrected chi connectivity index (χ3v) is 9.44. The zero-order valence-corrected chi connectivity index (χ0v) is 31.7. The van der Waals surface area contributed by atoms with Gasteiger partial charge in [-0.2, -0.15) is 11.8 Å². The molecule has 0 fully saturated rings. The fraction of sp³-hybridized carbons (Fsp3) is 0.487. The van der Waals surface area contributed by atoms with Gasteiger partial charge in [-0.05, 0) is 93.3 Å². The molecular weight excluding hydrogens is 697 g/mol. The van der Waals surface area contributed by atoms with E-state index in [0.717, 1.165) is 28.6 Å². The van der Waals surface area contributed by atoms with Gasteiger partial charge in [0.2, 0.25) is 17.7 Å². The molecule has 1 aromatic heterocycles. The largest absolute Gasteiger partial charge is 0.480 e. The Kier molecular flexibility index (Phi) is 18.6. The number of fused-ring (bicyclic) bond motifs is 1. The van der Waals surface area contributed by atoms with Crippen LogP contribution in [-0.2, 0) is 36.9 Å². The van der Waals surface area contributed by atoms with Crippen molar-refractivity contribution in [3.05, 3.63) is 71.4 Å². The lowest BCUT2D eigenvalue weighted by molar-refractivity contribution is -0.142. The average Bonchev–Trinajstić information content (AvgIpc) is 3.55. The van der Waals surface area contributed by atoms with Crippen molar-refractivity contribution in [1.29, 1.82) is 0 Å². The van der Waals surface area contributed by atoms with Gasteiger partial charge in [-0.1, -0.05) is 37.3 Å². The smallest absolute Gasteiger partial charge is 0.326 e. The van der Waals surface area contributed by atoms with Crippen molar-refractivity contribution in [3.8, 4) is 0 Å². The Hall–Kier alpha value is -4.69. The van der Waals surface area contributed by atoms with Gasteiger partial charge in [0.15, 0.2) is 0 Å². The van der Waals surface area contributed by atoms with Gasteiger partial charge in [-0.3, -0.25) is 19.2 Å². The van der Waals surface area contributed by atoms with E-state index in [1.807, 2.05) is 49.6 Å². The molecule has 13 nitrogen and oxygen atoms in total. The summed E-state index contributed by atoms with van der Waals surface area (Å²) in [5.74, 6) is -2.32. The summed E-state index contributed by atoms with van der Waals surface area (Å²) >= 11 is 1.52. The summed E-state index contributed by atoms with van der Waals surface area (Å²) in [4.78, 5) is 79.5. The Morgan fingerprint density at radius 2 is 1.51 bits per heavy atom. The zero-order valence-electron chi connectivity index (χ0n) is 30.9. The van der Waals surface area contributed by atoms with Crippen LogP contribution in [0.5, 0.6) is 0 Å². The molecule has 53 heavy (non-hydrogen) atoms. The molecule has 2 aromatic carbocycles. The van der Waals surface area contributed by atoms with Gasteiger partial charge in [0, 0.05) is 55.0 Å². The number of aromatic nitrogens is 1. The average molecular weight is 751 g/mol. The molecule has 3 rings (SSSR count). The molecular formula is C39H54N6O7S. The van der Waals surface area contributed by atoms with E-state index in [2.05, 4.69) is 31.6 Å². The summed E-state index contributed by atoms with van der Waals surface area (Å²) in [5.41, 5.74) is 3.02. The highest BCUT2D eigenvalue weighted by Gasteiger charge is 2.30. The number of Topliss-reactive ketones (excluding diaryl/α,β-unsaturated/α-hetero) is 1. The third kappa shape index (κ3) is 15.1. The van der Waals surface area contributed by atoms with Crippen LogP contribution >= 0.6 is 11.8 Å². The van der Waals surface area contributed by atoms with Crippen molar-refractivity contribution >= 4 is 58.0 Å². The maximum atomic E-state index is 13.8. The van der Waals surface area contributed by atoms with E-state index in [1.54, 1.807) is 18.3 Å². The summed E-state index contributed by atoms with van der Waals surface area (Å²) in [6.07, 6.45) is 7.11. The van der Waals surface area contributed by atoms with Gasteiger partial charge in [0.05, 0.1) is 0 Å². The molecule has 4 amide bonds. The van der Waals surface area contributed by atoms with E-state index in [-0.39, 0.29) is 24.5 Å². The number of para-hydroxylation sites is 1. The predicted octanol–water partition coefficient (Wildman–Crippen LogP) is 3.86. The first kappa shape index (κ1) is 42.7. The van der Waals surface area contributed by atoms with E-state index in [4.69, 9.17) is 0 Å². The summed E-state index contributed by atoms with van der Waals surface area (Å²) in [6.45, 7) is 5.37. The van der Waals surface area contributed by atoms with Gasteiger partial charge in [0.25, 0.3) is 5.91 Å². The number of carboxylic acid groups (broad SMARTS) is 1. The number of carboxylic acids is 1. The number of aromatic amines is 1. The quantitative estimate of drug-likeness (QED) is 0.0629. The highest BCUT2D eigenvalue weighted by molar-refractivity contribution is 7.98. The Bertz CT molecular complexity index is 1660. The van der Waals surface area contributed by atoms with Crippen LogP contribution < -0.4 is 26.6 Å². The third-order valence-electron chi connectivity index (χ3n) is 8.80. The number of rotatable bonds is 25. The summed E-state index contributed by atoms with van der Waals surface area (Å²) < 4.78 is 0. The Morgan fingerprint density at radius 1 is 0.811 bits per heavy atom. The number of thioether (sulfide) groups is 1. The molecule has 0 aliphatic carbocycles. The zero-order chi connectivity index (χ0) is 38.6. The number of amides is 4. The molecule has 0 saturated heterocycles. The molecule has 0 radical (unpaired) electrons. The van der Waals surface area contributed by atoms with Crippen molar-refractivity contribution in [3.63, 3.8) is 0 Å². The second-order valence-electron chi connectivity index (χ2n) is 13.1. The van der Waals surface area contributed by atoms with Crippen LogP contribution in [0.25, 0.3) is 10.9 Å². The van der Waals surface area contributed by atoms with Gasteiger partial charge in [-0.15, -0.1) is 0 Å². The maximum Gasteiger partial charge on any atom is 0.326 e. The lowest BCUT2D eigenvalue weighted by atomic mass is 10.0. The standard InChI is InChI=1S/C39H54N6O7S/c1-4-40-24-27-16-18-28(19-17-27)36(48)43-32(20-22-53-3)37(49)45-34(23-29-25-42-31-13-7-6-12-30(29)31)38(50)44-33(39(51)52)14-9-10-21-41-35(47)15-8-5-11-26(2)46/h6-7,12-13,16-19,25,32-34,40,42H,4-5,8-11,14-15,20-24H2,1-3H3,(H,41,47)(H,43,48)(H,44,50)(H,45,49)(H,51,52)/t32-,33-,34-/m0/s1. The molecule has 7 N–H and O–H groups in total. The second-order valence-corrected chi connectivity index (χ2v) is 14.0. The molecule has 3 atom stereocenters. The van der Waals surface area contributed by atoms with E-state index in [9.17, 15) is 33.9 Å². The fourth-order valence-electron chi connectivity index (χ4n) is 5.77. The SMILES string of the molecule is CCNCc1ccc(C(=O)N[C@@H](CCSC)C(=O)N[C@@H](Cc2c[nH]c3ccccc23)C(=O)N[C@@H](CCCCNC(=O)CCCCC(C)=O)C(=O)O)cc1. The van der Waals surface area contributed by atoms with E-state index in [0.29, 0.717) is 69.4 Å². The van der Waals surface area contributed by atoms with Crippen LogP contribution in [0.4, 0.5) is 0 Å². The minimum Gasteiger partial charge on any atom is -0.480 e. The molecule has 0 bridgehead atoms. The van der Waals surface area contributed by atoms with Crippen LogP contribution in [0.2, 0.25) is 0 Å². The highest BCUT2D eigenvalue weighted by Crippen LogP contribution is 2.20. The first-order valence-electron chi connectivity index (χ1n) is 18.3. The number of nitrogens with one attached hydrogen (secondary N) is 6. The molecule has 0 unspecified atom stereocenters. The molecule has 0 saturated carbocycles. The Morgan fingerprint density at radius 3 is 2.21 bits per heavy atom. The molecule has 0 spiro atoms. The second kappa shape index (κ2) is 23.1. The number of aliphatic carboxylic acids is 1. The monoisotopic (exact) mass is 750 g/mol. The van der Waals surface area contributed by atoms with Gasteiger partial charge < -0.3 is 41.5 Å². The highest BCUT2D eigenvalue weighted by atomic mass is 32.2. The molecule has 3 aromatic rings. The van der Waals surface area contributed by atoms with Gasteiger partial charge in [-0.25, -0.2) is 4.79 Å². The first-order chi connectivity index (χ1) is 25.5.